The number of benzene rings is 2. The van der Waals surface area contributed by atoms with E-state index < -0.39 is 8.60 Å². The van der Waals surface area contributed by atoms with Gasteiger partial charge in [-0.3, -0.25) is 0 Å². The van der Waals surface area contributed by atoms with Crippen molar-refractivity contribution in [2.24, 2.45) is 0 Å². The third-order valence-electron chi connectivity index (χ3n) is 3.79. The Balaban J connectivity index is 2.27. The van der Waals surface area contributed by atoms with Crippen molar-refractivity contribution in [1.29, 1.82) is 0 Å². The first-order chi connectivity index (χ1) is 11.6. The van der Waals surface area contributed by atoms with Gasteiger partial charge in [-0.1, -0.05) is 82.7 Å². The second kappa shape index (κ2) is 7.72. The van der Waals surface area contributed by atoms with Gasteiger partial charge in [-0.2, -0.15) is 0 Å². The molecule has 136 valence electrons. The van der Waals surface area contributed by atoms with Crippen LogP contribution in [0.2, 0.25) is 0 Å². The average molecular weight is 364 g/mol. The average Bonchev–Trinajstić information content (AvgIpc) is 2.53. The lowest BCUT2D eigenvalue weighted by atomic mass is 9.86. The Kier molecular flexibility index (Phi) is 6.08. The predicted molar refractivity (Wildman–Crippen MR) is 101 cm³/mol. The minimum Gasteiger partial charge on any atom is -0.416 e. The van der Waals surface area contributed by atoms with E-state index in [-0.39, 0.29) is 10.8 Å². The Morgan fingerprint density at radius 2 is 1.04 bits per heavy atom. The topological polar surface area (TPSA) is 27.7 Å². The van der Waals surface area contributed by atoms with Gasteiger partial charge in [0.25, 0.3) is 0 Å². The second-order valence-electron chi connectivity index (χ2n) is 7.97. The molecular formula is C20H26FO3P. The van der Waals surface area contributed by atoms with Gasteiger partial charge in [-0.15, -0.1) is 0 Å². The Hall–Kier alpha value is -1.64. The maximum atomic E-state index is 13.2. The van der Waals surface area contributed by atoms with Crippen LogP contribution in [-0.2, 0) is 15.6 Å². The van der Waals surface area contributed by atoms with Crippen molar-refractivity contribution >= 4 is 8.60 Å². The van der Waals surface area contributed by atoms with Gasteiger partial charge in [0.05, 0.1) is 0 Å². The van der Waals surface area contributed by atoms with E-state index in [2.05, 4.69) is 46.3 Å². The summed E-state index contributed by atoms with van der Waals surface area (Å²) in [5.74, 6) is 1.12. The summed E-state index contributed by atoms with van der Waals surface area (Å²) in [4.78, 5) is 0. The quantitative estimate of drug-likeness (QED) is 0.542. The van der Waals surface area contributed by atoms with E-state index in [1.165, 1.54) is 0 Å². The molecule has 0 atom stereocenters. The van der Waals surface area contributed by atoms with Gasteiger partial charge in [-0.25, -0.2) is 0 Å². The van der Waals surface area contributed by atoms with Crippen LogP contribution in [0.3, 0.4) is 0 Å². The lowest BCUT2D eigenvalue weighted by Crippen LogP contribution is -2.14. The van der Waals surface area contributed by atoms with Crippen LogP contribution < -0.4 is 9.05 Å². The summed E-state index contributed by atoms with van der Waals surface area (Å²) in [6.45, 7) is 12.4. The molecule has 0 heterocycles. The van der Waals surface area contributed by atoms with Crippen LogP contribution in [0.4, 0.5) is 4.53 Å². The third kappa shape index (κ3) is 5.17. The van der Waals surface area contributed by atoms with Gasteiger partial charge in [-0.05, 0) is 27.5 Å². The number of para-hydroxylation sites is 2. The first-order valence-electron chi connectivity index (χ1n) is 8.26. The fourth-order valence-corrected chi connectivity index (χ4v) is 3.27. The van der Waals surface area contributed by atoms with Crippen LogP contribution in [0.25, 0.3) is 0 Å². The van der Waals surface area contributed by atoms with Crippen LogP contribution >= 0.6 is 8.60 Å². The first-order valence-corrected chi connectivity index (χ1v) is 9.36. The predicted octanol–water partition coefficient (Wildman–Crippen LogP) is 6.87. The van der Waals surface area contributed by atoms with Gasteiger partial charge < -0.3 is 9.05 Å². The molecule has 0 aliphatic carbocycles. The Bertz CT molecular complexity index is 645. The molecule has 0 spiro atoms. The van der Waals surface area contributed by atoms with Crippen molar-refractivity contribution in [2.45, 2.75) is 52.4 Å². The van der Waals surface area contributed by atoms with Crippen molar-refractivity contribution in [3.8, 4) is 11.5 Å². The van der Waals surface area contributed by atoms with E-state index in [9.17, 15) is 4.53 Å². The van der Waals surface area contributed by atoms with E-state index in [4.69, 9.17) is 9.05 Å². The van der Waals surface area contributed by atoms with Crippen molar-refractivity contribution in [1.82, 2.24) is 0 Å². The Morgan fingerprint density at radius 3 is 1.36 bits per heavy atom. The molecule has 25 heavy (non-hydrogen) atoms. The van der Waals surface area contributed by atoms with Gasteiger partial charge in [0.1, 0.15) is 11.5 Å². The zero-order chi connectivity index (χ0) is 18.7. The summed E-state index contributed by atoms with van der Waals surface area (Å²) < 4.78 is 28.7. The van der Waals surface area contributed by atoms with E-state index in [1.54, 1.807) is 12.1 Å². The molecule has 5 heteroatoms. The number of halogens is 1. The monoisotopic (exact) mass is 364 g/mol. The Morgan fingerprint density at radius 1 is 0.680 bits per heavy atom. The summed E-state index contributed by atoms with van der Waals surface area (Å²) >= 11 is 0. The summed E-state index contributed by atoms with van der Waals surface area (Å²) in [5, 5.41) is 0. The molecule has 0 bridgehead atoms. The molecular weight excluding hydrogens is 338 g/mol. The van der Waals surface area contributed by atoms with E-state index in [0.29, 0.717) is 11.5 Å². The standard InChI is InChI=1S/C20H26FO3P/c1-19(2,3)15-11-7-9-13-17(15)22-25(24-21)23-18-14-10-8-12-16(18)20(4,5)6/h7-14H,1-6H3. The molecule has 2 aromatic carbocycles. The van der Waals surface area contributed by atoms with E-state index >= 15 is 0 Å². The van der Waals surface area contributed by atoms with Crippen molar-refractivity contribution < 1.29 is 18.3 Å². The molecule has 0 radical (unpaired) electrons. The minimum atomic E-state index is -2.20. The summed E-state index contributed by atoms with van der Waals surface area (Å²) in [7, 11) is -2.20. The largest absolute Gasteiger partial charge is 0.497 e. The van der Waals surface area contributed by atoms with Gasteiger partial charge in [0.2, 0.25) is 0 Å². The van der Waals surface area contributed by atoms with E-state index in [1.807, 2.05) is 36.4 Å². The van der Waals surface area contributed by atoms with Gasteiger partial charge in [0, 0.05) is 11.1 Å². The number of hydrogen-bond acceptors (Lipinski definition) is 3. The van der Waals surface area contributed by atoms with E-state index in [0.717, 1.165) is 11.1 Å². The second-order valence-corrected chi connectivity index (χ2v) is 8.92. The third-order valence-corrected chi connectivity index (χ3v) is 4.60. The highest BCUT2D eigenvalue weighted by Gasteiger charge is 2.27. The first kappa shape index (κ1) is 19.7. The highest BCUT2D eigenvalue weighted by molar-refractivity contribution is 7.42. The maximum absolute atomic E-state index is 13.2. The van der Waals surface area contributed by atoms with Crippen molar-refractivity contribution in [2.75, 3.05) is 0 Å². The van der Waals surface area contributed by atoms with Crippen LogP contribution in [0.1, 0.15) is 52.7 Å². The van der Waals surface area contributed by atoms with Crippen LogP contribution in [0.5, 0.6) is 11.5 Å². The van der Waals surface area contributed by atoms with Gasteiger partial charge in [0.15, 0.2) is 0 Å². The van der Waals surface area contributed by atoms with Crippen LogP contribution in [0, 0.1) is 0 Å². The zero-order valence-corrected chi connectivity index (χ0v) is 16.6. The lowest BCUT2D eigenvalue weighted by molar-refractivity contribution is -0.0159. The van der Waals surface area contributed by atoms with Crippen molar-refractivity contribution in [3.05, 3.63) is 59.7 Å². The molecule has 0 N–H and O–H groups in total. The van der Waals surface area contributed by atoms with Crippen LogP contribution in [0.15, 0.2) is 48.5 Å². The summed E-state index contributed by atoms with van der Waals surface area (Å²) in [6, 6.07) is 15.1. The number of hydrogen-bond donors (Lipinski definition) is 0. The molecule has 2 rings (SSSR count). The smallest absolute Gasteiger partial charge is 0.416 e. The highest BCUT2D eigenvalue weighted by Crippen LogP contribution is 2.46. The summed E-state index contributed by atoms with van der Waals surface area (Å²) in [5.41, 5.74) is 1.65. The van der Waals surface area contributed by atoms with Crippen molar-refractivity contribution in [3.63, 3.8) is 0 Å². The molecule has 0 unspecified atom stereocenters. The fraction of sp³-hybridized carbons (Fsp3) is 0.400. The molecule has 2 aromatic rings. The molecule has 0 aliphatic heterocycles. The molecule has 0 amide bonds. The normalized spacial score (nSPS) is 12.3. The molecule has 0 aliphatic rings. The van der Waals surface area contributed by atoms with Gasteiger partial charge >= 0.3 is 8.60 Å². The minimum absolute atomic E-state index is 0.142. The molecule has 0 saturated heterocycles. The summed E-state index contributed by atoms with van der Waals surface area (Å²) in [6.07, 6.45) is 0. The number of rotatable bonds is 5. The van der Waals surface area contributed by atoms with Crippen LogP contribution in [-0.4, -0.2) is 0 Å². The highest BCUT2D eigenvalue weighted by atomic mass is 31.2. The lowest BCUT2D eigenvalue weighted by Gasteiger charge is -2.25. The maximum Gasteiger partial charge on any atom is 0.497 e. The SMILES string of the molecule is CC(C)(C)c1ccccc1OP(OF)Oc1ccccc1C(C)(C)C. The fourth-order valence-electron chi connectivity index (χ4n) is 2.54. The molecule has 0 fully saturated rings. The molecule has 0 aromatic heterocycles. The Labute approximate surface area is 151 Å². The molecule has 0 saturated carbocycles. The molecule has 3 nitrogen and oxygen atoms in total. The zero-order valence-electron chi connectivity index (χ0n) is 15.7.